The van der Waals surface area contributed by atoms with Crippen molar-refractivity contribution < 1.29 is 19.1 Å². The van der Waals surface area contributed by atoms with Crippen LogP contribution in [0.5, 0.6) is 11.5 Å². The first kappa shape index (κ1) is 22.3. The van der Waals surface area contributed by atoms with E-state index in [4.69, 9.17) is 9.47 Å². The normalized spacial score (nSPS) is 10.6. The van der Waals surface area contributed by atoms with Gasteiger partial charge in [0.05, 0.1) is 19.3 Å². The Hall–Kier alpha value is -3.02. The second-order valence-corrected chi connectivity index (χ2v) is 7.12. The molecule has 0 radical (unpaired) electrons. The lowest BCUT2D eigenvalue weighted by atomic mass is 9.98. The average molecular weight is 399 g/mol. The first-order valence-corrected chi connectivity index (χ1v) is 9.79. The van der Waals surface area contributed by atoms with Crippen molar-refractivity contribution in [2.75, 3.05) is 32.1 Å². The molecule has 0 atom stereocenters. The van der Waals surface area contributed by atoms with Gasteiger partial charge in [0.2, 0.25) is 5.91 Å². The fourth-order valence-electron chi connectivity index (χ4n) is 3.11. The van der Waals surface area contributed by atoms with Gasteiger partial charge in [-0.25, -0.2) is 0 Å². The lowest BCUT2D eigenvalue weighted by Gasteiger charge is -2.21. The molecule has 2 aromatic rings. The Morgan fingerprint density at radius 1 is 1.14 bits per heavy atom. The Bertz CT molecular complexity index is 849. The van der Waals surface area contributed by atoms with Gasteiger partial charge in [0.1, 0.15) is 11.5 Å². The fourth-order valence-corrected chi connectivity index (χ4v) is 3.11. The summed E-state index contributed by atoms with van der Waals surface area (Å²) in [5, 5.41) is 2.78. The van der Waals surface area contributed by atoms with Crippen molar-refractivity contribution in [1.29, 1.82) is 0 Å². The van der Waals surface area contributed by atoms with E-state index < -0.39 is 0 Å². The molecule has 0 saturated heterocycles. The number of hydrogen-bond donors (Lipinski definition) is 1. The van der Waals surface area contributed by atoms with Crippen LogP contribution in [0.3, 0.4) is 0 Å². The molecule has 0 fully saturated rings. The number of carbonyl (C=O) groups is 2. The maximum Gasteiger partial charge on any atom is 0.260 e. The Morgan fingerprint density at radius 2 is 1.86 bits per heavy atom. The van der Waals surface area contributed by atoms with Gasteiger partial charge in [-0.15, -0.1) is 0 Å². The van der Waals surface area contributed by atoms with Crippen molar-refractivity contribution in [3.63, 3.8) is 0 Å². The number of carbonyl (C=O) groups excluding carboxylic acids is 2. The van der Waals surface area contributed by atoms with Gasteiger partial charge >= 0.3 is 0 Å². The molecule has 0 saturated carbocycles. The number of ether oxygens (including phenoxy) is 2. The molecule has 2 rings (SSSR count). The van der Waals surface area contributed by atoms with Gasteiger partial charge in [0.15, 0.2) is 6.61 Å². The molecular weight excluding hydrogens is 368 g/mol. The smallest absolute Gasteiger partial charge is 0.260 e. The van der Waals surface area contributed by atoms with Gasteiger partial charge in [0.25, 0.3) is 5.91 Å². The minimum atomic E-state index is -0.290. The molecule has 0 heterocycles. The van der Waals surface area contributed by atoms with Crippen LogP contribution in [0, 0.1) is 6.92 Å². The van der Waals surface area contributed by atoms with E-state index in [9.17, 15) is 9.59 Å². The molecule has 0 aliphatic carbocycles. The zero-order valence-electron chi connectivity index (χ0n) is 17.8. The van der Waals surface area contributed by atoms with E-state index in [-0.39, 0.29) is 25.0 Å². The van der Waals surface area contributed by atoms with Crippen LogP contribution >= 0.6 is 0 Å². The highest BCUT2D eigenvalue weighted by atomic mass is 16.5. The minimum Gasteiger partial charge on any atom is -0.495 e. The van der Waals surface area contributed by atoms with Crippen molar-refractivity contribution >= 4 is 17.5 Å². The lowest BCUT2D eigenvalue weighted by Crippen LogP contribution is -2.40. The van der Waals surface area contributed by atoms with Crippen molar-refractivity contribution in [2.24, 2.45) is 0 Å². The minimum absolute atomic E-state index is 0.0535. The van der Waals surface area contributed by atoms with Crippen molar-refractivity contribution in [2.45, 2.75) is 33.6 Å². The van der Waals surface area contributed by atoms with Gasteiger partial charge in [0, 0.05) is 6.54 Å². The molecule has 2 amide bonds. The van der Waals surface area contributed by atoms with Crippen LogP contribution in [0.2, 0.25) is 0 Å². The van der Waals surface area contributed by atoms with Crippen LogP contribution < -0.4 is 14.8 Å². The molecule has 6 nitrogen and oxygen atoms in total. The van der Waals surface area contributed by atoms with E-state index in [0.29, 0.717) is 29.6 Å². The van der Waals surface area contributed by atoms with Gasteiger partial charge in [-0.2, -0.15) is 0 Å². The summed E-state index contributed by atoms with van der Waals surface area (Å²) in [6.07, 6.45) is 0. The third-order valence-electron chi connectivity index (χ3n) is 4.68. The third-order valence-corrected chi connectivity index (χ3v) is 4.68. The van der Waals surface area contributed by atoms with Gasteiger partial charge < -0.3 is 19.7 Å². The highest BCUT2D eigenvalue weighted by Gasteiger charge is 2.17. The largest absolute Gasteiger partial charge is 0.495 e. The summed E-state index contributed by atoms with van der Waals surface area (Å²) in [5.74, 6) is 1.12. The summed E-state index contributed by atoms with van der Waals surface area (Å²) in [6, 6.07) is 13.0. The van der Waals surface area contributed by atoms with Gasteiger partial charge in [-0.05, 0) is 55.2 Å². The molecule has 156 valence electrons. The van der Waals surface area contributed by atoms with Crippen LogP contribution in [0.25, 0.3) is 0 Å². The zero-order chi connectivity index (χ0) is 21.4. The second-order valence-electron chi connectivity index (χ2n) is 7.12. The van der Waals surface area contributed by atoms with Crippen LogP contribution in [0.15, 0.2) is 42.5 Å². The first-order chi connectivity index (χ1) is 13.8. The SMILES string of the molecule is CCN(CC(=O)Nc1ccccc1OC)C(=O)COc1ccc(C(C)C)c(C)c1. The summed E-state index contributed by atoms with van der Waals surface area (Å²) in [7, 11) is 1.54. The standard InChI is InChI=1S/C23H30N2O4/c1-6-25(14-22(26)24-20-9-7-8-10-21(20)28-5)23(27)15-29-18-11-12-19(16(2)3)17(4)13-18/h7-13,16H,6,14-15H2,1-5H3,(H,24,26). The summed E-state index contributed by atoms with van der Waals surface area (Å²) in [6.45, 7) is 8.38. The molecule has 0 unspecified atom stereocenters. The summed E-state index contributed by atoms with van der Waals surface area (Å²) in [4.78, 5) is 26.3. The molecule has 0 aliphatic rings. The maximum absolute atomic E-state index is 12.5. The predicted octanol–water partition coefficient (Wildman–Crippen LogP) is 3.99. The Balaban J connectivity index is 1.93. The Labute approximate surface area is 172 Å². The first-order valence-electron chi connectivity index (χ1n) is 9.79. The average Bonchev–Trinajstić information content (AvgIpc) is 2.70. The molecule has 29 heavy (non-hydrogen) atoms. The molecule has 0 aliphatic heterocycles. The maximum atomic E-state index is 12.5. The second kappa shape index (κ2) is 10.5. The molecule has 2 aromatic carbocycles. The van der Waals surface area contributed by atoms with E-state index in [1.165, 1.54) is 10.5 Å². The quantitative estimate of drug-likeness (QED) is 0.693. The van der Waals surface area contributed by atoms with Crippen LogP contribution in [0.4, 0.5) is 5.69 Å². The summed E-state index contributed by atoms with van der Waals surface area (Å²) in [5.41, 5.74) is 2.96. The van der Waals surface area contributed by atoms with E-state index >= 15 is 0 Å². The van der Waals surface area contributed by atoms with Crippen molar-refractivity contribution in [3.8, 4) is 11.5 Å². The van der Waals surface area contributed by atoms with Crippen molar-refractivity contribution in [1.82, 2.24) is 4.90 Å². The number of benzene rings is 2. The third kappa shape index (κ3) is 6.24. The van der Waals surface area contributed by atoms with Crippen molar-refractivity contribution in [3.05, 3.63) is 53.6 Å². The van der Waals surface area contributed by atoms with Gasteiger partial charge in [-0.3, -0.25) is 9.59 Å². The predicted molar refractivity (Wildman–Crippen MR) is 115 cm³/mol. The molecule has 0 aromatic heterocycles. The number of anilines is 1. The number of hydrogen-bond acceptors (Lipinski definition) is 4. The van der Waals surface area contributed by atoms with Gasteiger partial charge in [-0.1, -0.05) is 32.0 Å². The van der Waals surface area contributed by atoms with Crippen LogP contribution in [-0.2, 0) is 9.59 Å². The molecule has 0 bridgehead atoms. The number of para-hydroxylation sites is 2. The number of amides is 2. The lowest BCUT2D eigenvalue weighted by molar-refractivity contribution is -0.136. The number of aryl methyl sites for hydroxylation is 1. The number of rotatable bonds is 9. The van der Waals surface area contributed by atoms with Crippen LogP contribution in [-0.4, -0.2) is 43.5 Å². The number of methoxy groups -OCH3 is 1. The Kier molecular flexibility index (Phi) is 8.07. The molecule has 1 N–H and O–H groups in total. The number of nitrogens with zero attached hydrogens (tertiary/aromatic N) is 1. The zero-order valence-corrected chi connectivity index (χ0v) is 17.8. The van der Waals surface area contributed by atoms with E-state index in [1.807, 2.05) is 38.1 Å². The highest BCUT2D eigenvalue weighted by molar-refractivity contribution is 5.95. The number of nitrogens with one attached hydrogen (secondary N) is 1. The molecule has 0 spiro atoms. The molecule has 6 heteroatoms. The van der Waals surface area contributed by atoms with Crippen LogP contribution in [0.1, 0.15) is 37.8 Å². The molecular formula is C23H30N2O4. The van der Waals surface area contributed by atoms with E-state index in [0.717, 1.165) is 5.56 Å². The topological polar surface area (TPSA) is 67.9 Å². The van der Waals surface area contributed by atoms with E-state index in [2.05, 4.69) is 19.2 Å². The fraction of sp³-hybridized carbons (Fsp3) is 0.391. The van der Waals surface area contributed by atoms with E-state index in [1.54, 1.807) is 25.3 Å². The summed E-state index contributed by atoms with van der Waals surface area (Å²) >= 11 is 0. The number of likely N-dealkylation sites (N-methyl/N-ethyl adjacent to an activating group) is 1. The monoisotopic (exact) mass is 398 g/mol. The Morgan fingerprint density at radius 3 is 2.48 bits per heavy atom. The highest BCUT2D eigenvalue weighted by Crippen LogP contribution is 2.24. The summed E-state index contributed by atoms with van der Waals surface area (Å²) < 4.78 is 10.9.